The Kier molecular flexibility index (Phi) is 6.06. The quantitative estimate of drug-likeness (QED) is 0.655. The molecule has 0 spiro atoms. The van der Waals surface area contributed by atoms with Crippen molar-refractivity contribution in [1.29, 1.82) is 0 Å². The van der Waals surface area contributed by atoms with Crippen molar-refractivity contribution in [3.63, 3.8) is 0 Å². The van der Waals surface area contributed by atoms with Crippen LogP contribution in [0.4, 0.5) is 4.39 Å². The van der Waals surface area contributed by atoms with Gasteiger partial charge >= 0.3 is 0 Å². The summed E-state index contributed by atoms with van der Waals surface area (Å²) in [5.41, 5.74) is 0.511. The topological polar surface area (TPSA) is 21.3 Å². The Bertz CT molecular complexity index is 488. The molecule has 1 atom stereocenters. The molecule has 1 aromatic rings. The van der Waals surface area contributed by atoms with E-state index in [1.165, 1.54) is 6.42 Å². The zero-order chi connectivity index (χ0) is 15.5. The number of nitrogens with one attached hydrogen (secondary N) is 1. The first kappa shape index (κ1) is 17.2. The van der Waals surface area contributed by atoms with E-state index in [1.807, 2.05) is 6.07 Å². The highest BCUT2D eigenvalue weighted by atomic mass is 79.9. The molecule has 2 rings (SSSR count). The molecule has 1 aromatic carbocycles. The van der Waals surface area contributed by atoms with E-state index in [0.717, 1.165) is 32.2 Å². The van der Waals surface area contributed by atoms with E-state index >= 15 is 0 Å². The number of methoxy groups -OCH3 is 1. The van der Waals surface area contributed by atoms with E-state index in [1.54, 1.807) is 13.2 Å². The zero-order valence-corrected chi connectivity index (χ0v) is 14.9. The summed E-state index contributed by atoms with van der Waals surface area (Å²) in [6.45, 7) is 2.95. The van der Waals surface area contributed by atoms with Gasteiger partial charge in [-0.05, 0) is 60.6 Å². The van der Waals surface area contributed by atoms with Crippen molar-refractivity contribution in [3.8, 4) is 0 Å². The van der Waals surface area contributed by atoms with Crippen LogP contribution in [-0.2, 0) is 4.74 Å². The Morgan fingerprint density at radius 1 is 1.48 bits per heavy atom. The van der Waals surface area contributed by atoms with Gasteiger partial charge in [0, 0.05) is 23.2 Å². The summed E-state index contributed by atoms with van der Waals surface area (Å²) in [5, 5.41) is 3.59. The monoisotopic (exact) mass is 377 g/mol. The third kappa shape index (κ3) is 3.79. The van der Waals surface area contributed by atoms with Crippen LogP contribution in [0.3, 0.4) is 0 Å². The number of benzene rings is 1. The summed E-state index contributed by atoms with van der Waals surface area (Å²) < 4.78 is 20.8. The Morgan fingerprint density at radius 2 is 2.19 bits per heavy atom. The summed E-state index contributed by atoms with van der Waals surface area (Å²) in [4.78, 5) is 0. The molecule has 0 aliphatic heterocycles. The second kappa shape index (κ2) is 7.40. The number of hydrogen-bond donors (Lipinski definition) is 1. The largest absolute Gasteiger partial charge is 0.378 e. The maximum Gasteiger partial charge on any atom is 0.147 e. The average molecular weight is 379 g/mol. The van der Waals surface area contributed by atoms with Gasteiger partial charge in [-0.15, -0.1) is 0 Å². The first-order valence-electron chi connectivity index (χ1n) is 7.45. The third-order valence-electron chi connectivity index (χ3n) is 4.36. The summed E-state index contributed by atoms with van der Waals surface area (Å²) >= 11 is 9.30. The van der Waals surface area contributed by atoms with Gasteiger partial charge in [-0.3, -0.25) is 0 Å². The molecule has 0 heterocycles. The highest BCUT2D eigenvalue weighted by molar-refractivity contribution is 9.10. The summed E-state index contributed by atoms with van der Waals surface area (Å²) in [6.07, 6.45) is 5.04. The van der Waals surface area contributed by atoms with Crippen LogP contribution in [0.2, 0.25) is 5.02 Å². The van der Waals surface area contributed by atoms with Crippen LogP contribution in [0.5, 0.6) is 0 Å². The molecule has 21 heavy (non-hydrogen) atoms. The minimum absolute atomic E-state index is 0.0733. The Morgan fingerprint density at radius 3 is 2.71 bits per heavy atom. The van der Waals surface area contributed by atoms with Crippen molar-refractivity contribution in [2.75, 3.05) is 13.7 Å². The van der Waals surface area contributed by atoms with Crippen LogP contribution >= 0.6 is 27.5 Å². The number of halogens is 3. The first-order valence-corrected chi connectivity index (χ1v) is 8.62. The average Bonchev–Trinajstić information content (AvgIpc) is 2.44. The molecule has 1 N–H and O–H groups in total. The van der Waals surface area contributed by atoms with Crippen molar-refractivity contribution in [2.24, 2.45) is 0 Å². The van der Waals surface area contributed by atoms with Crippen molar-refractivity contribution in [2.45, 2.75) is 50.7 Å². The first-order chi connectivity index (χ1) is 10.0. The van der Waals surface area contributed by atoms with Crippen LogP contribution in [-0.4, -0.2) is 19.3 Å². The van der Waals surface area contributed by atoms with Crippen molar-refractivity contribution >= 4 is 27.5 Å². The van der Waals surface area contributed by atoms with Crippen LogP contribution in [0, 0.1) is 5.82 Å². The van der Waals surface area contributed by atoms with Crippen LogP contribution in [0.1, 0.15) is 50.6 Å². The van der Waals surface area contributed by atoms with Gasteiger partial charge in [-0.25, -0.2) is 4.39 Å². The molecular formula is C16H22BrClFNO. The predicted molar refractivity (Wildman–Crippen MR) is 88.4 cm³/mol. The van der Waals surface area contributed by atoms with Gasteiger partial charge in [0.1, 0.15) is 5.82 Å². The molecule has 1 fully saturated rings. The van der Waals surface area contributed by atoms with Gasteiger partial charge in [-0.1, -0.05) is 24.6 Å². The smallest absolute Gasteiger partial charge is 0.147 e. The van der Waals surface area contributed by atoms with Gasteiger partial charge in [0.25, 0.3) is 0 Å². The van der Waals surface area contributed by atoms with E-state index in [9.17, 15) is 4.39 Å². The highest BCUT2D eigenvalue weighted by Crippen LogP contribution is 2.43. The summed E-state index contributed by atoms with van der Waals surface area (Å²) in [6, 6.07) is 3.54. The van der Waals surface area contributed by atoms with Crippen LogP contribution in [0.15, 0.2) is 16.6 Å². The van der Waals surface area contributed by atoms with Gasteiger partial charge in [0.05, 0.1) is 10.6 Å². The molecule has 0 radical (unpaired) electrons. The molecule has 0 saturated heterocycles. The lowest BCUT2D eigenvalue weighted by atomic mass is 9.74. The van der Waals surface area contributed by atoms with E-state index in [-0.39, 0.29) is 22.5 Å². The van der Waals surface area contributed by atoms with E-state index in [4.69, 9.17) is 16.3 Å². The number of ether oxygens (including phenoxy) is 1. The van der Waals surface area contributed by atoms with E-state index in [2.05, 4.69) is 28.2 Å². The molecule has 118 valence electrons. The lowest BCUT2D eigenvalue weighted by Crippen LogP contribution is -2.43. The maximum absolute atomic E-state index is 14.5. The highest BCUT2D eigenvalue weighted by Gasteiger charge is 2.39. The van der Waals surface area contributed by atoms with Crippen LogP contribution < -0.4 is 5.32 Å². The number of rotatable bonds is 7. The fraction of sp³-hybridized carbons (Fsp3) is 0.625. The molecule has 0 bridgehead atoms. The molecular weight excluding hydrogens is 357 g/mol. The van der Waals surface area contributed by atoms with E-state index in [0.29, 0.717) is 10.0 Å². The molecule has 1 saturated carbocycles. The van der Waals surface area contributed by atoms with Gasteiger partial charge in [0.2, 0.25) is 0 Å². The Balaban J connectivity index is 2.25. The molecule has 1 aliphatic carbocycles. The Labute approximate surface area is 139 Å². The van der Waals surface area contributed by atoms with Gasteiger partial charge < -0.3 is 10.1 Å². The fourth-order valence-corrected chi connectivity index (χ4v) is 3.33. The fourth-order valence-electron chi connectivity index (χ4n) is 2.86. The predicted octanol–water partition coefficient (Wildman–Crippen LogP) is 5.24. The lowest BCUT2D eigenvalue weighted by molar-refractivity contribution is -0.0839. The maximum atomic E-state index is 14.5. The zero-order valence-electron chi connectivity index (χ0n) is 12.5. The second-order valence-corrected chi connectivity index (χ2v) is 6.95. The minimum Gasteiger partial charge on any atom is -0.378 e. The van der Waals surface area contributed by atoms with Crippen molar-refractivity contribution in [3.05, 3.63) is 33.0 Å². The molecule has 2 nitrogen and oxygen atoms in total. The minimum atomic E-state index is -0.342. The van der Waals surface area contributed by atoms with Crippen molar-refractivity contribution < 1.29 is 9.13 Å². The Hall–Kier alpha value is -0.160. The standard InChI is InChI=1S/C16H22BrClFNO/c1-3-9-20-13(10-16(21-2)7-4-8-16)11-5-6-12(17)14(18)15(11)19/h5-6,13,20H,3-4,7-10H2,1-2H3. The van der Waals surface area contributed by atoms with E-state index < -0.39 is 0 Å². The summed E-state index contributed by atoms with van der Waals surface area (Å²) in [7, 11) is 1.75. The molecule has 1 aliphatic rings. The summed E-state index contributed by atoms with van der Waals surface area (Å²) in [5.74, 6) is -0.342. The normalized spacial score (nSPS) is 18.3. The van der Waals surface area contributed by atoms with Crippen LogP contribution in [0.25, 0.3) is 0 Å². The molecule has 0 aromatic heterocycles. The van der Waals surface area contributed by atoms with Crippen molar-refractivity contribution in [1.82, 2.24) is 5.32 Å². The molecule has 1 unspecified atom stereocenters. The second-order valence-electron chi connectivity index (χ2n) is 5.72. The van der Waals surface area contributed by atoms with Gasteiger partial charge in [-0.2, -0.15) is 0 Å². The number of hydrogen-bond acceptors (Lipinski definition) is 2. The third-order valence-corrected chi connectivity index (χ3v) is 5.61. The lowest BCUT2D eigenvalue weighted by Gasteiger charge is -2.43. The molecule has 0 amide bonds. The molecule has 5 heteroatoms. The van der Waals surface area contributed by atoms with Gasteiger partial charge in [0.15, 0.2) is 0 Å². The SMILES string of the molecule is CCCNC(CC1(OC)CCC1)c1ccc(Br)c(Cl)c1F.